The van der Waals surface area contributed by atoms with Crippen LogP contribution < -0.4 is 10.5 Å². The first-order chi connectivity index (χ1) is 9.24. The van der Waals surface area contributed by atoms with Gasteiger partial charge < -0.3 is 14.9 Å². The molecule has 0 amide bonds. The van der Waals surface area contributed by atoms with Crippen molar-refractivity contribution in [3.05, 3.63) is 53.5 Å². The predicted molar refractivity (Wildman–Crippen MR) is 76.1 cm³/mol. The van der Waals surface area contributed by atoms with Gasteiger partial charge >= 0.3 is 0 Å². The Morgan fingerprint density at radius 3 is 2.58 bits per heavy atom. The fourth-order valence-electron chi connectivity index (χ4n) is 1.96. The highest BCUT2D eigenvalue weighted by Crippen LogP contribution is 2.22. The molecule has 0 bridgehead atoms. The molecule has 1 heterocycles. The summed E-state index contributed by atoms with van der Waals surface area (Å²) in [4.78, 5) is 0. The minimum atomic E-state index is 0.401. The number of hydrogen-bond acceptors (Lipinski definition) is 3. The van der Waals surface area contributed by atoms with E-state index in [0.717, 1.165) is 23.5 Å². The van der Waals surface area contributed by atoms with Crippen molar-refractivity contribution in [2.75, 3.05) is 0 Å². The number of benzene rings is 1. The molecule has 1 aromatic heterocycles. The maximum Gasteiger partial charge on any atom is 0.123 e. The first kappa shape index (κ1) is 13.7. The van der Waals surface area contributed by atoms with Crippen LogP contribution in [0.2, 0.25) is 0 Å². The molecule has 1 unspecified atom stereocenters. The van der Waals surface area contributed by atoms with Gasteiger partial charge in [-0.25, -0.2) is 0 Å². The average Bonchev–Trinajstić information content (AvgIpc) is 2.92. The van der Waals surface area contributed by atoms with Gasteiger partial charge in [-0.05, 0) is 36.1 Å². The van der Waals surface area contributed by atoms with E-state index < -0.39 is 0 Å². The average molecular weight is 259 g/mol. The van der Waals surface area contributed by atoms with Crippen LogP contribution in [0.5, 0.6) is 5.75 Å². The molecule has 1 atom stereocenters. The second kappa shape index (κ2) is 6.43. The first-order valence-electron chi connectivity index (χ1n) is 6.72. The van der Waals surface area contributed by atoms with Crippen LogP contribution in [0, 0.1) is 0 Å². The highest BCUT2D eigenvalue weighted by molar-refractivity contribution is 5.29. The van der Waals surface area contributed by atoms with Crippen molar-refractivity contribution in [1.82, 2.24) is 0 Å². The van der Waals surface area contributed by atoms with E-state index in [2.05, 4.69) is 26.0 Å². The molecule has 3 nitrogen and oxygen atoms in total. The molecule has 102 valence electrons. The van der Waals surface area contributed by atoms with E-state index in [-0.39, 0.29) is 0 Å². The van der Waals surface area contributed by atoms with Crippen molar-refractivity contribution in [1.29, 1.82) is 0 Å². The number of nitrogens with two attached hydrogens (primary N) is 1. The van der Waals surface area contributed by atoms with E-state index in [1.807, 2.05) is 18.2 Å². The van der Waals surface area contributed by atoms with Crippen molar-refractivity contribution >= 4 is 0 Å². The van der Waals surface area contributed by atoms with Gasteiger partial charge in [-0.15, -0.1) is 0 Å². The SMILES string of the molecule is CCC(C)c1ccc(OCc2ccoc2CN)cc1. The Balaban J connectivity index is 1.96. The van der Waals surface area contributed by atoms with Gasteiger partial charge in [0.05, 0.1) is 12.8 Å². The third kappa shape index (κ3) is 3.38. The summed E-state index contributed by atoms with van der Waals surface area (Å²) in [5, 5.41) is 0. The molecule has 2 aromatic rings. The van der Waals surface area contributed by atoms with Gasteiger partial charge in [0.25, 0.3) is 0 Å². The molecule has 2 N–H and O–H groups in total. The molecule has 0 radical (unpaired) electrons. The van der Waals surface area contributed by atoms with Crippen molar-refractivity contribution in [3.63, 3.8) is 0 Å². The van der Waals surface area contributed by atoms with Gasteiger partial charge in [-0.1, -0.05) is 26.0 Å². The summed E-state index contributed by atoms with van der Waals surface area (Å²) in [5.74, 6) is 2.25. The zero-order valence-electron chi connectivity index (χ0n) is 11.6. The predicted octanol–water partition coefficient (Wildman–Crippen LogP) is 3.83. The molecule has 0 saturated carbocycles. The Bertz CT molecular complexity index is 502. The van der Waals surface area contributed by atoms with Crippen LogP contribution in [-0.2, 0) is 13.2 Å². The van der Waals surface area contributed by atoms with Crippen LogP contribution in [0.3, 0.4) is 0 Å². The lowest BCUT2D eigenvalue weighted by atomic mass is 9.99. The number of ether oxygens (including phenoxy) is 1. The highest BCUT2D eigenvalue weighted by atomic mass is 16.5. The largest absolute Gasteiger partial charge is 0.489 e. The molecule has 0 saturated heterocycles. The van der Waals surface area contributed by atoms with Crippen LogP contribution >= 0.6 is 0 Å². The molecule has 0 fully saturated rings. The number of rotatable bonds is 6. The molecule has 0 aliphatic heterocycles. The summed E-state index contributed by atoms with van der Waals surface area (Å²) in [6.07, 6.45) is 2.79. The van der Waals surface area contributed by atoms with Gasteiger partial charge in [0.2, 0.25) is 0 Å². The zero-order chi connectivity index (χ0) is 13.7. The van der Waals surface area contributed by atoms with Crippen LogP contribution in [0.15, 0.2) is 41.0 Å². The Morgan fingerprint density at radius 1 is 1.21 bits per heavy atom. The zero-order valence-corrected chi connectivity index (χ0v) is 11.6. The summed E-state index contributed by atoms with van der Waals surface area (Å²) in [5.41, 5.74) is 7.94. The van der Waals surface area contributed by atoms with E-state index in [0.29, 0.717) is 19.1 Å². The first-order valence-corrected chi connectivity index (χ1v) is 6.72. The Labute approximate surface area is 114 Å². The molecule has 0 spiro atoms. The second-order valence-electron chi connectivity index (χ2n) is 4.74. The maximum atomic E-state index is 5.75. The Hall–Kier alpha value is -1.74. The standard InChI is InChI=1S/C16H21NO2/c1-3-12(2)13-4-6-15(7-5-13)19-11-14-8-9-18-16(14)10-17/h4-9,12H,3,10-11,17H2,1-2H3. The Morgan fingerprint density at radius 2 is 1.95 bits per heavy atom. The van der Waals surface area contributed by atoms with Gasteiger partial charge in [0, 0.05) is 5.56 Å². The van der Waals surface area contributed by atoms with E-state index >= 15 is 0 Å². The summed E-state index contributed by atoms with van der Waals surface area (Å²) < 4.78 is 11.0. The third-order valence-corrected chi connectivity index (χ3v) is 3.48. The highest BCUT2D eigenvalue weighted by Gasteiger charge is 2.06. The van der Waals surface area contributed by atoms with Crippen LogP contribution in [0.1, 0.15) is 43.1 Å². The number of furan rings is 1. The summed E-state index contributed by atoms with van der Waals surface area (Å²) in [7, 11) is 0. The third-order valence-electron chi connectivity index (χ3n) is 3.48. The minimum absolute atomic E-state index is 0.401. The fraction of sp³-hybridized carbons (Fsp3) is 0.375. The van der Waals surface area contributed by atoms with E-state index in [1.165, 1.54) is 5.56 Å². The van der Waals surface area contributed by atoms with Crippen LogP contribution in [-0.4, -0.2) is 0 Å². The van der Waals surface area contributed by atoms with Crippen molar-refractivity contribution < 1.29 is 9.15 Å². The summed E-state index contributed by atoms with van der Waals surface area (Å²) in [6, 6.07) is 10.2. The minimum Gasteiger partial charge on any atom is -0.489 e. The molecule has 1 aromatic carbocycles. The molecule has 0 aliphatic rings. The molecule has 2 rings (SSSR count). The fourth-order valence-corrected chi connectivity index (χ4v) is 1.96. The summed E-state index contributed by atoms with van der Waals surface area (Å²) in [6.45, 7) is 5.32. The normalized spacial score (nSPS) is 12.4. The molecular formula is C16H21NO2. The smallest absolute Gasteiger partial charge is 0.123 e. The molecule has 3 heteroatoms. The monoisotopic (exact) mass is 259 g/mol. The molecular weight excluding hydrogens is 238 g/mol. The lowest BCUT2D eigenvalue weighted by Crippen LogP contribution is -2.02. The second-order valence-corrected chi connectivity index (χ2v) is 4.74. The molecule has 0 aliphatic carbocycles. The van der Waals surface area contributed by atoms with Crippen molar-refractivity contribution in [2.45, 2.75) is 39.3 Å². The van der Waals surface area contributed by atoms with Crippen molar-refractivity contribution in [2.24, 2.45) is 5.73 Å². The van der Waals surface area contributed by atoms with E-state index in [1.54, 1.807) is 6.26 Å². The van der Waals surface area contributed by atoms with Crippen LogP contribution in [0.4, 0.5) is 0 Å². The van der Waals surface area contributed by atoms with Gasteiger partial charge in [0.15, 0.2) is 0 Å². The quantitative estimate of drug-likeness (QED) is 0.857. The lowest BCUT2D eigenvalue weighted by Gasteiger charge is -2.10. The summed E-state index contributed by atoms with van der Waals surface area (Å²) >= 11 is 0. The van der Waals surface area contributed by atoms with E-state index in [4.69, 9.17) is 14.9 Å². The van der Waals surface area contributed by atoms with Gasteiger partial charge in [-0.3, -0.25) is 0 Å². The van der Waals surface area contributed by atoms with Crippen molar-refractivity contribution in [3.8, 4) is 5.75 Å². The van der Waals surface area contributed by atoms with Gasteiger partial charge in [-0.2, -0.15) is 0 Å². The van der Waals surface area contributed by atoms with E-state index in [9.17, 15) is 0 Å². The lowest BCUT2D eigenvalue weighted by molar-refractivity contribution is 0.302. The van der Waals surface area contributed by atoms with Gasteiger partial charge in [0.1, 0.15) is 18.1 Å². The maximum absolute atomic E-state index is 5.75. The molecule has 19 heavy (non-hydrogen) atoms. The number of hydrogen-bond donors (Lipinski definition) is 1. The topological polar surface area (TPSA) is 48.4 Å². The van der Waals surface area contributed by atoms with Crippen LogP contribution in [0.25, 0.3) is 0 Å². The Kier molecular flexibility index (Phi) is 4.63.